The first-order valence-electron chi connectivity index (χ1n) is 5.54. The van der Waals surface area contributed by atoms with Crippen molar-refractivity contribution in [2.45, 2.75) is 40.7 Å². The topological polar surface area (TPSA) is 21.3 Å². The molecule has 0 aliphatic heterocycles. The standard InChI is InChI=1S/C11H17NO.C2H6/c1-8(2)12-10-7-9(3)5-6-11(10)13-4;1-2/h5-8,12H,1-4H3;1-2H3. The molecule has 2 nitrogen and oxygen atoms in total. The first kappa shape index (κ1) is 13.8. The van der Waals surface area contributed by atoms with Gasteiger partial charge < -0.3 is 10.1 Å². The van der Waals surface area contributed by atoms with Crippen molar-refractivity contribution in [2.24, 2.45) is 0 Å². The predicted molar refractivity (Wildman–Crippen MR) is 67.8 cm³/mol. The maximum Gasteiger partial charge on any atom is 0.141 e. The van der Waals surface area contributed by atoms with Crippen molar-refractivity contribution in [2.75, 3.05) is 12.4 Å². The van der Waals surface area contributed by atoms with E-state index in [0.717, 1.165) is 11.4 Å². The summed E-state index contributed by atoms with van der Waals surface area (Å²) in [7, 11) is 1.69. The van der Waals surface area contributed by atoms with Gasteiger partial charge in [0.05, 0.1) is 12.8 Å². The van der Waals surface area contributed by atoms with Crippen molar-refractivity contribution in [3.05, 3.63) is 23.8 Å². The molecule has 0 atom stereocenters. The van der Waals surface area contributed by atoms with E-state index in [4.69, 9.17) is 4.74 Å². The molecule has 0 aromatic heterocycles. The molecule has 0 unspecified atom stereocenters. The van der Waals surface area contributed by atoms with Crippen LogP contribution in [0.2, 0.25) is 0 Å². The Morgan fingerprint density at radius 1 is 1.20 bits per heavy atom. The maximum atomic E-state index is 5.24. The SMILES string of the molecule is CC.COc1ccc(C)cc1NC(C)C. The summed E-state index contributed by atoms with van der Waals surface area (Å²) in [6, 6.07) is 6.55. The first-order valence-corrected chi connectivity index (χ1v) is 5.54. The van der Waals surface area contributed by atoms with Crippen LogP contribution in [0.4, 0.5) is 5.69 Å². The van der Waals surface area contributed by atoms with Gasteiger partial charge >= 0.3 is 0 Å². The van der Waals surface area contributed by atoms with E-state index in [0.29, 0.717) is 6.04 Å². The zero-order chi connectivity index (χ0) is 11.8. The van der Waals surface area contributed by atoms with E-state index >= 15 is 0 Å². The second-order valence-corrected chi connectivity index (χ2v) is 3.50. The summed E-state index contributed by atoms with van der Waals surface area (Å²) in [6.45, 7) is 10.3. The molecule has 1 rings (SSSR count). The minimum Gasteiger partial charge on any atom is -0.495 e. The molecule has 0 radical (unpaired) electrons. The Balaban J connectivity index is 0.000000921. The molecule has 0 saturated heterocycles. The number of ether oxygens (including phenoxy) is 1. The van der Waals surface area contributed by atoms with Gasteiger partial charge in [-0.05, 0) is 38.5 Å². The van der Waals surface area contributed by atoms with Crippen molar-refractivity contribution < 1.29 is 4.74 Å². The average Bonchev–Trinajstić information content (AvgIpc) is 2.20. The lowest BCUT2D eigenvalue weighted by Crippen LogP contribution is -2.10. The Labute approximate surface area is 93.7 Å². The van der Waals surface area contributed by atoms with Gasteiger partial charge in [-0.3, -0.25) is 0 Å². The zero-order valence-electron chi connectivity index (χ0n) is 10.7. The Kier molecular flexibility index (Phi) is 6.59. The van der Waals surface area contributed by atoms with Crippen LogP contribution in [0.5, 0.6) is 5.75 Å². The summed E-state index contributed by atoms with van der Waals surface area (Å²) in [5.74, 6) is 0.902. The van der Waals surface area contributed by atoms with E-state index in [1.165, 1.54) is 5.56 Å². The Bertz CT molecular complexity index is 282. The van der Waals surface area contributed by atoms with Crippen LogP contribution in [0.15, 0.2) is 18.2 Å². The fourth-order valence-electron chi connectivity index (χ4n) is 1.25. The van der Waals surface area contributed by atoms with Crippen LogP contribution in [-0.2, 0) is 0 Å². The Morgan fingerprint density at radius 2 is 1.80 bits per heavy atom. The monoisotopic (exact) mass is 209 g/mol. The molecule has 86 valence electrons. The second-order valence-electron chi connectivity index (χ2n) is 3.50. The smallest absolute Gasteiger partial charge is 0.141 e. The fourth-order valence-corrected chi connectivity index (χ4v) is 1.25. The average molecular weight is 209 g/mol. The van der Waals surface area contributed by atoms with E-state index in [9.17, 15) is 0 Å². The summed E-state index contributed by atoms with van der Waals surface area (Å²) in [6.07, 6.45) is 0. The van der Waals surface area contributed by atoms with Gasteiger partial charge in [-0.1, -0.05) is 19.9 Å². The highest BCUT2D eigenvalue weighted by molar-refractivity contribution is 5.58. The number of hydrogen-bond acceptors (Lipinski definition) is 2. The molecule has 15 heavy (non-hydrogen) atoms. The Hall–Kier alpha value is -1.18. The largest absolute Gasteiger partial charge is 0.495 e. The molecule has 0 fully saturated rings. The number of hydrogen-bond donors (Lipinski definition) is 1. The number of rotatable bonds is 3. The molecule has 0 aliphatic rings. The third-order valence-corrected chi connectivity index (χ3v) is 1.80. The molecule has 1 aromatic rings. The van der Waals surface area contributed by atoms with Gasteiger partial charge in [0.15, 0.2) is 0 Å². The van der Waals surface area contributed by atoms with E-state index in [1.807, 2.05) is 26.0 Å². The molecule has 0 bridgehead atoms. The van der Waals surface area contributed by atoms with Crippen LogP contribution < -0.4 is 10.1 Å². The molecule has 0 aliphatic carbocycles. The summed E-state index contributed by atoms with van der Waals surface area (Å²) >= 11 is 0. The van der Waals surface area contributed by atoms with Crippen LogP contribution in [0.1, 0.15) is 33.3 Å². The number of aryl methyl sites for hydroxylation is 1. The van der Waals surface area contributed by atoms with Gasteiger partial charge in [-0.25, -0.2) is 0 Å². The molecule has 0 saturated carbocycles. The van der Waals surface area contributed by atoms with Gasteiger partial charge in [-0.2, -0.15) is 0 Å². The van der Waals surface area contributed by atoms with Crippen LogP contribution >= 0.6 is 0 Å². The molecular formula is C13H23NO. The van der Waals surface area contributed by atoms with Crippen LogP contribution in [-0.4, -0.2) is 13.2 Å². The molecule has 1 aromatic carbocycles. The van der Waals surface area contributed by atoms with E-state index in [2.05, 4.69) is 32.2 Å². The lowest BCUT2D eigenvalue weighted by atomic mass is 10.2. The van der Waals surface area contributed by atoms with E-state index in [-0.39, 0.29) is 0 Å². The molecule has 0 spiro atoms. The predicted octanol–water partition coefficient (Wildman–Crippen LogP) is 3.85. The lowest BCUT2D eigenvalue weighted by molar-refractivity contribution is 0.416. The first-order chi connectivity index (χ1) is 7.13. The van der Waals surface area contributed by atoms with Gasteiger partial charge in [0.2, 0.25) is 0 Å². The number of benzene rings is 1. The summed E-state index contributed by atoms with van der Waals surface area (Å²) in [5, 5.41) is 3.34. The maximum absolute atomic E-state index is 5.24. The van der Waals surface area contributed by atoms with Crippen LogP contribution in [0.25, 0.3) is 0 Å². The van der Waals surface area contributed by atoms with Crippen LogP contribution in [0, 0.1) is 6.92 Å². The molecule has 2 heteroatoms. The van der Waals surface area contributed by atoms with E-state index < -0.39 is 0 Å². The third-order valence-electron chi connectivity index (χ3n) is 1.80. The molecule has 1 N–H and O–H groups in total. The minimum absolute atomic E-state index is 0.427. The highest BCUT2D eigenvalue weighted by Crippen LogP contribution is 2.25. The number of anilines is 1. The third kappa shape index (κ3) is 4.73. The molecular weight excluding hydrogens is 186 g/mol. The minimum atomic E-state index is 0.427. The highest BCUT2D eigenvalue weighted by Gasteiger charge is 2.03. The zero-order valence-corrected chi connectivity index (χ0v) is 10.7. The van der Waals surface area contributed by atoms with Crippen molar-refractivity contribution in [3.63, 3.8) is 0 Å². The second kappa shape index (κ2) is 7.16. The van der Waals surface area contributed by atoms with Gasteiger partial charge in [0.1, 0.15) is 5.75 Å². The van der Waals surface area contributed by atoms with Crippen molar-refractivity contribution >= 4 is 5.69 Å². The lowest BCUT2D eigenvalue weighted by Gasteiger charge is -2.14. The number of methoxy groups -OCH3 is 1. The van der Waals surface area contributed by atoms with Gasteiger partial charge in [-0.15, -0.1) is 0 Å². The quantitative estimate of drug-likeness (QED) is 0.816. The van der Waals surface area contributed by atoms with Gasteiger partial charge in [0.25, 0.3) is 0 Å². The normalized spacial score (nSPS) is 9.27. The molecule has 0 amide bonds. The number of nitrogens with one attached hydrogen (secondary N) is 1. The summed E-state index contributed by atoms with van der Waals surface area (Å²) in [5.41, 5.74) is 2.31. The van der Waals surface area contributed by atoms with E-state index in [1.54, 1.807) is 7.11 Å². The van der Waals surface area contributed by atoms with Crippen LogP contribution in [0.3, 0.4) is 0 Å². The fraction of sp³-hybridized carbons (Fsp3) is 0.538. The Morgan fingerprint density at radius 3 is 2.27 bits per heavy atom. The molecule has 0 heterocycles. The summed E-state index contributed by atoms with van der Waals surface area (Å²) < 4.78 is 5.24. The van der Waals surface area contributed by atoms with Crippen molar-refractivity contribution in [1.82, 2.24) is 0 Å². The van der Waals surface area contributed by atoms with Crippen molar-refractivity contribution in [1.29, 1.82) is 0 Å². The van der Waals surface area contributed by atoms with Crippen molar-refractivity contribution in [3.8, 4) is 5.75 Å². The van der Waals surface area contributed by atoms with Gasteiger partial charge in [0, 0.05) is 6.04 Å². The highest BCUT2D eigenvalue weighted by atomic mass is 16.5. The summed E-state index contributed by atoms with van der Waals surface area (Å²) in [4.78, 5) is 0.